The summed E-state index contributed by atoms with van der Waals surface area (Å²) in [5.41, 5.74) is 2.88. The van der Waals surface area contributed by atoms with Gasteiger partial charge in [-0.05, 0) is 43.8 Å². The van der Waals surface area contributed by atoms with Gasteiger partial charge in [0.05, 0.1) is 5.57 Å². The van der Waals surface area contributed by atoms with Crippen molar-refractivity contribution in [2.24, 2.45) is 11.8 Å². The van der Waals surface area contributed by atoms with E-state index in [2.05, 4.69) is 36.6 Å². The Morgan fingerprint density at radius 1 is 1.10 bits per heavy atom. The first kappa shape index (κ1) is 26.1. The van der Waals surface area contributed by atoms with Gasteiger partial charge >= 0.3 is 6.18 Å². The summed E-state index contributed by atoms with van der Waals surface area (Å²) < 4.78 is 38.3. The van der Waals surface area contributed by atoms with Crippen LogP contribution in [-0.2, 0) is 0 Å². The standard InChI is InChI=1S/C27H37F3/c1-4-15-26(27(28,29)30)19-14-10-9-11-16-24(5-2)21-20-23(3)22-25-17-12-7-6-8-13-18-25/h5,10,15,19-21,23,25H,4,6-9,12-13,17-18,22H2,1-3H3. The predicted octanol–water partition coefficient (Wildman–Crippen LogP) is 8.88. The lowest BCUT2D eigenvalue weighted by Gasteiger charge is -2.21. The van der Waals surface area contributed by atoms with Crippen LogP contribution in [0.15, 0.2) is 53.3 Å². The Kier molecular flexibility index (Phi) is 13.0. The van der Waals surface area contributed by atoms with Gasteiger partial charge < -0.3 is 0 Å². The monoisotopic (exact) mass is 418 g/mol. The molecular weight excluding hydrogens is 381 g/mol. The molecule has 0 aromatic heterocycles. The molecule has 1 atom stereocenters. The van der Waals surface area contributed by atoms with E-state index < -0.39 is 11.7 Å². The molecule has 1 aliphatic carbocycles. The van der Waals surface area contributed by atoms with Crippen LogP contribution in [0.2, 0.25) is 0 Å². The zero-order valence-electron chi connectivity index (χ0n) is 18.8. The summed E-state index contributed by atoms with van der Waals surface area (Å²) in [6.07, 6.45) is 17.2. The number of hydrogen-bond acceptors (Lipinski definition) is 0. The number of halogens is 3. The molecule has 30 heavy (non-hydrogen) atoms. The van der Waals surface area contributed by atoms with Crippen molar-refractivity contribution in [1.82, 2.24) is 0 Å². The second-order valence-electron chi connectivity index (χ2n) is 8.11. The SMILES string of the molecule is CC=C(C#CCC=C=CC(=CCC)C(F)(F)F)C=CC(C)CC1CCCCCCC1. The molecular formula is C27H37F3. The molecule has 0 radical (unpaired) electrons. The lowest BCUT2D eigenvalue weighted by Crippen LogP contribution is -2.09. The molecule has 1 aliphatic rings. The van der Waals surface area contributed by atoms with E-state index in [1.54, 1.807) is 6.92 Å². The fraction of sp³-hybridized carbons (Fsp3) is 0.593. The third kappa shape index (κ3) is 11.9. The Labute approximate surface area is 181 Å². The van der Waals surface area contributed by atoms with E-state index in [0.717, 1.165) is 23.6 Å². The summed E-state index contributed by atoms with van der Waals surface area (Å²) in [4.78, 5) is 0. The highest BCUT2D eigenvalue weighted by atomic mass is 19.4. The molecule has 1 unspecified atom stereocenters. The highest BCUT2D eigenvalue weighted by Gasteiger charge is 2.31. The van der Waals surface area contributed by atoms with Crippen molar-refractivity contribution in [3.63, 3.8) is 0 Å². The third-order valence-electron chi connectivity index (χ3n) is 5.39. The lowest BCUT2D eigenvalue weighted by molar-refractivity contribution is -0.0884. The third-order valence-corrected chi connectivity index (χ3v) is 5.39. The van der Waals surface area contributed by atoms with Crippen LogP contribution >= 0.6 is 0 Å². The van der Waals surface area contributed by atoms with Gasteiger partial charge in [0.25, 0.3) is 0 Å². The van der Waals surface area contributed by atoms with Gasteiger partial charge in [-0.3, -0.25) is 0 Å². The summed E-state index contributed by atoms with van der Waals surface area (Å²) in [6.45, 7) is 5.90. The molecule has 0 spiro atoms. The van der Waals surface area contributed by atoms with Crippen LogP contribution in [0, 0.1) is 23.7 Å². The summed E-state index contributed by atoms with van der Waals surface area (Å²) >= 11 is 0. The maximum absolute atomic E-state index is 12.8. The molecule has 0 aliphatic heterocycles. The Balaban J connectivity index is 2.55. The molecule has 0 amide bonds. The largest absolute Gasteiger partial charge is 0.416 e. The van der Waals surface area contributed by atoms with Gasteiger partial charge in [-0.2, -0.15) is 13.2 Å². The van der Waals surface area contributed by atoms with Gasteiger partial charge in [0.2, 0.25) is 0 Å². The van der Waals surface area contributed by atoms with Gasteiger partial charge in [-0.15, -0.1) is 5.73 Å². The Morgan fingerprint density at radius 2 is 1.77 bits per heavy atom. The van der Waals surface area contributed by atoms with E-state index in [1.165, 1.54) is 57.4 Å². The summed E-state index contributed by atoms with van der Waals surface area (Å²) in [6, 6.07) is 0. The average molecular weight is 419 g/mol. The lowest BCUT2D eigenvalue weighted by atomic mass is 9.85. The van der Waals surface area contributed by atoms with Gasteiger partial charge in [-0.25, -0.2) is 0 Å². The molecule has 0 saturated heterocycles. The minimum atomic E-state index is -4.34. The van der Waals surface area contributed by atoms with E-state index in [9.17, 15) is 13.2 Å². The molecule has 1 saturated carbocycles. The van der Waals surface area contributed by atoms with Crippen molar-refractivity contribution in [3.8, 4) is 11.8 Å². The Morgan fingerprint density at radius 3 is 2.37 bits per heavy atom. The van der Waals surface area contributed by atoms with Crippen LogP contribution in [0.5, 0.6) is 0 Å². The molecule has 1 rings (SSSR count). The minimum absolute atomic E-state index is 0.336. The maximum atomic E-state index is 12.8. The molecule has 0 aromatic rings. The topological polar surface area (TPSA) is 0 Å². The first-order chi connectivity index (χ1) is 14.4. The van der Waals surface area contributed by atoms with Gasteiger partial charge in [-0.1, -0.05) is 94.9 Å². The first-order valence-electron chi connectivity index (χ1n) is 11.4. The Bertz CT molecular complexity index is 693. The normalized spacial score (nSPS) is 18.1. The van der Waals surface area contributed by atoms with Crippen LogP contribution in [0.25, 0.3) is 0 Å². The molecule has 1 fully saturated rings. The van der Waals surface area contributed by atoms with Crippen LogP contribution in [0.3, 0.4) is 0 Å². The predicted molar refractivity (Wildman–Crippen MR) is 122 cm³/mol. The van der Waals surface area contributed by atoms with Gasteiger partial charge in [0.1, 0.15) is 0 Å². The molecule has 0 N–H and O–H groups in total. The van der Waals surface area contributed by atoms with E-state index in [-0.39, 0.29) is 0 Å². The van der Waals surface area contributed by atoms with Crippen LogP contribution < -0.4 is 0 Å². The zero-order valence-corrected chi connectivity index (χ0v) is 18.8. The summed E-state index contributed by atoms with van der Waals surface area (Å²) in [7, 11) is 0. The second-order valence-corrected chi connectivity index (χ2v) is 8.11. The zero-order chi connectivity index (χ0) is 22.2. The fourth-order valence-corrected chi connectivity index (χ4v) is 3.75. The maximum Gasteiger partial charge on any atom is 0.416 e. The van der Waals surface area contributed by atoms with Crippen molar-refractivity contribution >= 4 is 0 Å². The molecule has 166 valence electrons. The van der Waals surface area contributed by atoms with Crippen LogP contribution in [0.4, 0.5) is 13.2 Å². The highest BCUT2D eigenvalue weighted by molar-refractivity contribution is 5.38. The average Bonchev–Trinajstić information content (AvgIpc) is 2.67. The smallest absolute Gasteiger partial charge is 0.166 e. The second kappa shape index (κ2) is 15.0. The highest BCUT2D eigenvalue weighted by Crippen LogP contribution is 2.28. The minimum Gasteiger partial charge on any atom is -0.166 e. The molecule has 0 heterocycles. The molecule has 0 nitrogen and oxygen atoms in total. The molecule has 3 heteroatoms. The van der Waals surface area contributed by atoms with E-state index in [1.807, 2.05) is 13.0 Å². The molecule has 0 aromatic carbocycles. The van der Waals surface area contributed by atoms with E-state index in [0.29, 0.717) is 18.8 Å². The van der Waals surface area contributed by atoms with Crippen molar-refractivity contribution < 1.29 is 13.2 Å². The van der Waals surface area contributed by atoms with Crippen molar-refractivity contribution in [1.29, 1.82) is 0 Å². The number of alkyl halides is 3. The summed E-state index contributed by atoms with van der Waals surface area (Å²) in [5, 5.41) is 0. The Hall–Kier alpha value is -1.91. The quantitative estimate of drug-likeness (QED) is 0.220. The van der Waals surface area contributed by atoms with Crippen LogP contribution in [0.1, 0.15) is 85.0 Å². The summed E-state index contributed by atoms with van der Waals surface area (Å²) in [5.74, 6) is 7.45. The van der Waals surface area contributed by atoms with E-state index >= 15 is 0 Å². The fourth-order valence-electron chi connectivity index (χ4n) is 3.75. The number of hydrogen-bond donors (Lipinski definition) is 0. The van der Waals surface area contributed by atoms with Crippen molar-refractivity contribution in [2.45, 2.75) is 91.2 Å². The number of allylic oxidation sites excluding steroid dienone is 7. The van der Waals surface area contributed by atoms with Gasteiger partial charge in [0.15, 0.2) is 0 Å². The molecule has 0 bridgehead atoms. The van der Waals surface area contributed by atoms with Gasteiger partial charge in [0, 0.05) is 12.0 Å². The van der Waals surface area contributed by atoms with Crippen molar-refractivity contribution in [3.05, 3.63) is 53.3 Å². The number of rotatable bonds is 7. The van der Waals surface area contributed by atoms with Crippen molar-refractivity contribution in [2.75, 3.05) is 0 Å². The van der Waals surface area contributed by atoms with Crippen LogP contribution in [-0.4, -0.2) is 6.18 Å². The van der Waals surface area contributed by atoms with E-state index in [4.69, 9.17) is 0 Å². The first-order valence-corrected chi connectivity index (χ1v) is 11.4.